The number of hydrogen-bond acceptors (Lipinski definition) is 4. The van der Waals surface area contributed by atoms with Gasteiger partial charge in [0.05, 0.1) is 28.1 Å². The molecule has 0 spiro atoms. The van der Waals surface area contributed by atoms with Crippen molar-refractivity contribution in [2.75, 3.05) is 19.7 Å². The third-order valence-electron chi connectivity index (χ3n) is 4.79. The van der Waals surface area contributed by atoms with E-state index in [1.165, 1.54) is 22.5 Å². The first kappa shape index (κ1) is 20.6. The molecule has 0 aliphatic carbocycles. The Bertz CT molecular complexity index is 974. The number of nitrogens with zero attached hydrogens (tertiary/aromatic N) is 1. The Kier molecular flexibility index (Phi) is 6.27. The zero-order valence-corrected chi connectivity index (χ0v) is 17.4. The van der Waals surface area contributed by atoms with E-state index in [0.29, 0.717) is 26.1 Å². The van der Waals surface area contributed by atoms with E-state index >= 15 is 0 Å². The number of sulfonamides is 1. The van der Waals surface area contributed by atoms with Crippen LogP contribution in [0.4, 0.5) is 0 Å². The van der Waals surface area contributed by atoms with Crippen molar-refractivity contribution in [3.8, 4) is 5.75 Å². The van der Waals surface area contributed by atoms with Gasteiger partial charge in [0.15, 0.2) is 0 Å². The predicted octanol–water partition coefficient (Wildman–Crippen LogP) is 3.62. The largest absolute Gasteiger partial charge is 0.493 e. The lowest BCUT2D eigenvalue weighted by Gasteiger charge is -2.27. The number of halogens is 1. The molecule has 2 aromatic carbocycles. The number of amides is 1. The molecule has 0 saturated carbocycles. The molecule has 150 valence electrons. The highest BCUT2D eigenvalue weighted by Gasteiger charge is 2.26. The summed E-state index contributed by atoms with van der Waals surface area (Å²) in [4.78, 5) is 12.9. The number of carbonyl (C=O) groups is 1. The van der Waals surface area contributed by atoms with Crippen molar-refractivity contribution >= 4 is 27.5 Å². The maximum Gasteiger partial charge on any atom is 0.253 e. The van der Waals surface area contributed by atoms with Crippen LogP contribution in [0.25, 0.3) is 0 Å². The highest BCUT2D eigenvalue weighted by atomic mass is 35.5. The summed E-state index contributed by atoms with van der Waals surface area (Å²) in [5.74, 6) is 0.325. The number of nitrogens with one attached hydrogen (secondary N) is 1. The number of benzene rings is 2. The van der Waals surface area contributed by atoms with E-state index in [1.807, 2.05) is 24.3 Å². The van der Waals surface area contributed by atoms with Crippen molar-refractivity contribution in [2.24, 2.45) is 0 Å². The molecule has 0 radical (unpaired) electrons. The van der Waals surface area contributed by atoms with Gasteiger partial charge in [0, 0.05) is 25.1 Å². The zero-order valence-electron chi connectivity index (χ0n) is 15.8. The van der Waals surface area contributed by atoms with Crippen LogP contribution >= 0.6 is 11.6 Å². The lowest BCUT2D eigenvalue weighted by atomic mass is 10.00. The molecule has 6 nitrogen and oxygen atoms in total. The maximum absolute atomic E-state index is 12.9. The molecule has 0 fully saturated rings. The number of rotatable bonds is 6. The minimum atomic E-state index is -3.68. The van der Waals surface area contributed by atoms with Crippen LogP contribution < -0.4 is 10.1 Å². The minimum absolute atomic E-state index is 0.0538. The second kappa shape index (κ2) is 8.51. The van der Waals surface area contributed by atoms with Crippen LogP contribution in [0.5, 0.6) is 5.75 Å². The lowest BCUT2D eigenvalue weighted by molar-refractivity contribution is 0.0924. The number of fused-ring (bicyclic) bond motifs is 1. The third-order valence-corrected chi connectivity index (χ3v) is 7.16. The molecule has 28 heavy (non-hydrogen) atoms. The topological polar surface area (TPSA) is 75.7 Å². The fourth-order valence-electron chi connectivity index (χ4n) is 3.28. The average Bonchev–Trinajstić information content (AvgIpc) is 2.69. The van der Waals surface area contributed by atoms with Gasteiger partial charge >= 0.3 is 0 Å². The van der Waals surface area contributed by atoms with Gasteiger partial charge < -0.3 is 10.1 Å². The van der Waals surface area contributed by atoms with E-state index in [1.54, 1.807) is 13.8 Å². The summed E-state index contributed by atoms with van der Waals surface area (Å²) in [6.07, 6.45) is 0.623. The first-order chi connectivity index (χ1) is 13.4. The molecule has 0 aromatic heterocycles. The van der Waals surface area contributed by atoms with Crippen LogP contribution in [0.3, 0.4) is 0 Å². The molecule has 1 aliphatic rings. The van der Waals surface area contributed by atoms with Gasteiger partial charge in [-0.25, -0.2) is 8.42 Å². The van der Waals surface area contributed by atoms with Gasteiger partial charge in [-0.3, -0.25) is 4.79 Å². The Labute approximate surface area is 170 Å². The molecule has 0 unspecified atom stereocenters. The molecule has 0 saturated heterocycles. The van der Waals surface area contributed by atoms with Gasteiger partial charge in [-0.2, -0.15) is 4.31 Å². The standard InChI is InChI=1S/C20H23ClN2O4S/c1-3-23(4-2)28(25,26)14-9-10-17(21)16(13-14)20(24)22-18-11-12-27-19-8-6-5-7-15(18)19/h5-10,13,18H,3-4,11-12H2,1-2H3,(H,22,24)/t18-/m0/s1. The molecule has 3 rings (SSSR count). The smallest absolute Gasteiger partial charge is 0.253 e. The average molecular weight is 423 g/mol. The highest BCUT2D eigenvalue weighted by molar-refractivity contribution is 7.89. The fraction of sp³-hybridized carbons (Fsp3) is 0.350. The number of para-hydroxylation sites is 1. The Morgan fingerprint density at radius 2 is 1.93 bits per heavy atom. The van der Waals surface area contributed by atoms with E-state index in [0.717, 1.165) is 11.3 Å². The molecule has 1 atom stereocenters. The summed E-state index contributed by atoms with van der Waals surface area (Å²) in [5, 5.41) is 3.16. The minimum Gasteiger partial charge on any atom is -0.493 e. The number of ether oxygens (including phenoxy) is 1. The van der Waals surface area contributed by atoms with Crippen molar-refractivity contribution in [3.05, 3.63) is 58.6 Å². The van der Waals surface area contributed by atoms with Crippen LogP contribution in [-0.4, -0.2) is 38.3 Å². The number of hydrogen-bond donors (Lipinski definition) is 1. The summed E-state index contributed by atoms with van der Waals surface area (Å²) < 4.78 is 32.5. The predicted molar refractivity (Wildman–Crippen MR) is 108 cm³/mol. The molecule has 1 amide bonds. The fourth-order valence-corrected chi connectivity index (χ4v) is 4.97. The van der Waals surface area contributed by atoms with Crippen LogP contribution in [0.15, 0.2) is 47.4 Å². The lowest BCUT2D eigenvalue weighted by Crippen LogP contribution is -2.33. The first-order valence-corrected chi connectivity index (χ1v) is 11.0. The molecule has 1 heterocycles. The summed E-state index contributed by atoms with van der Waals surface area (Å²) in [6, 6.07) is 11.5. The van der Waals surface area contributed by atoms with Gasteiger partial charge in [-0.15, -0.1) is 0 Å². The van der Waals surface area contributed by atoms with Gasteiger partial charge in [0.25, 0.3) is 5.91 Å². The Balaban J connectivity index is 1.89. The van der Waals surface area contributed by atoms with Crippen molar-refractivity contribution < 1.29 is 17.9 Å². The van der Waals surface area contributed by atoms with E-state index in [-0.39, 0.29) is 21.5 Å². The molecule has 2 aromatic rings. The summed E-state index contributed by atoms with van der Waals surface area (Å²) in [6.45, 7) is 4.73. The summed E-state index contributed by atoms with van der Waals surface area (Å²) in [7, 11) is -3.68. The molecular formula is C20H23ClN2O4S. The summed E-state index contributed by atoms with van der Waals surface area (Å²) >= 11 is 6.21. The third kappa shape index (κ3) is 4.01. The van der Waals surface area contributed by atoms with Gasteiger partial charge in [-0.05, 0) is 24.3 Å². The van der Waals surface area contributed by atoms with Gasteiger partial charge in [-0.1, -0.05) is 43.6 Å². The Hall–Kier alpha value is -2.09. The highest BCUT2D eigenvalue weighted by Crippen LogP contribution is 2.32. The van der Waals surface area contributed by atoms with Crippen molar-refractivity contribution in [1.29, 1.82) is 0 Å². The van der Waals surface area contributed by atoms with Crippen molar-refractivity contribution in [3.63, 3.8) is 0 Å². The van der Waals surface area contributed by atoms with E-state index < -0.39 is 15.9 Å². The van der Waals surface area contributed by atoms with Crippen molar-refractivity contribution in [1.82, 2.24) is 9.62 Å². The first-order valence-electron chi connectivity index (χ1n) is 9.20. The second-order valence-corrected chi connectivity index (χ2v) is 8.78. The Morgan fingerprint density at radius 3 is 2.64 bits per heavy atom. The van der Waals surface area contributed by atoms with E-state index in [9.17, 15) is 13.2 Å². The molecule has 1 N–H and O–H groups in total. The monoisotopic (exact) mass is 422 g/mol. The van der Waals surface area contributed by atoms with E-state index in [4.69, 9.17) is 16.3 Å². The van der Waals surface area contributed by atoms with Gasteiger partial charge in [0.2, 0.25) is 10.0 Å². The van der Waals surface area contributed by atoms with Crippen LogP contribution in [0.1, 0.15) is 42.2 Å². The zero-order chi connectivity index (χ0) is 20.3. The number of carbonyl (C=O) groups excluding carboxylic acids is 1. The van der Waals surface area contributed by atoms with Crippen molar-refractivity contribution in [2.45, 2.75) is 31.2 Å². The molecule has 8 heteroatoms. The van der Waals surface area contributed by atoms with Crippen LogP contribution in [0.2, 0.25) is 5.02 Å². The molecule has 1 aliphatic heterocycles. The SMILES string of the molecule is CCN(CC)S(=O)(=O)c1ccc(Cl)c(C(=O)N[C@H]2CCOc3ccccc32)c1. The second-order valence-electron chi connectivity index (χ2n) is 6.43. The summed E-state index contributed by atoms with van der Waals surface area (Å²) in [5.41, 5.74) is 1.03. The maximum atomic E-state index is 12.9. The molecular weight excluding hydrogens is 400 g/mol. The molecule has 0 bridgehead atoms. The van der Waals surface area contributed by atoms with E-state index in [2.05, 4.69) is 5.32 Å². The Morgan fingerprint density at radius 1 is 1.21 bits per heavy atom. The normalized spacial score (nSPS) is 16.4. The van der Waals surface area contributed by atoms with Crippen LogP contribution in [-0.2, 0) is 10.0 Å². The van der Waals surface area contributed by atoms with Crippen LogP contribution in [0, 0.1) is 0 Å². The van der Waals surface area contributed by atoms with Gasteiger partial charge in [0.1, 0.15) is 5.75 Å². The quantitative estimate of drug-likeness (QED) is 0.771.